The number of hydrogen-bond donors (Lipinski definition) is 1. The summed E-state index contributed by atoms with van der Waals surface area (Å²) in [5.74, 6) is -0.0997. The molecule has 144 valence electrons. The fourth-order valence-electron chi connectivity index (χ4n) is 2.70. The van der Waals surface area contributed by atoms with Gasteiger partial charge in [0.25, 0.3) is 5.91 Å². The number of anilines is 1. The Morgan fingerprint density at radius 3 is 2.30 bits per heavy atom. The molecule has 5 nitrogen and oxygen atoms in total. The van der Waals surface area contributed by atoms with E-state index < -0.39 is 0 Å². The summed E-state index contributed by atoms with van der Waals surface area (Å²) in [5.41, 5.74) is 2.74. The normalized spacial score (nSPS) is 11.7. The van der Waals surface area contributed by atoms with Crippen molar-refractivity contribution in [1.82, 2.24) is 5.32 Å². The Balaban J connectivity index is 2.11. The van der Waals surface area contributed by atoms with Crippen molar-refractivity contribution in [2.75, 3.05) is 18.6 Å². The van der Waals surface area contributed by atoms with Crippen molar-refractivity contribution in [2.24, 2.45) is 0 Å². The van der Waals surface area contributed by atoms with Crippen LogP contribution in [0.1, 0.15) is 31.4 Å². The second kappa shape index (κ2) is 10.5. The maximum absolute atomic E-state index is 12.5. The Bertz CT molecular complexity index is 729. The lowest BCUT2D eigenvalue weighted by atomic mass is 10.1. The van der Waals surface area contributed by atoms with Crippen LogP contribution in [-0.2, 0) is 27.3 Å². The fourth-order valence-corrected chi connectivity index (χ4v) is 2.70. The number of benzene rings is 2. The Morgan fingerprint density at radius 1 is 1.04 bits per heavy atom. The maximum atomic E-state index is 12.5. The number of nitrogens with zero attached hydrogens (tertiary/aromatic N) is 1. The minimum Gasteiger partial charge on any atom is -0.375 e. The molecule has 0 radical (unpaired) electrons. The number of hydrogen-bond acceptors (Lipinski definition) is 3. The van der Waals surface area contributed by atoms with Gasteiger partial charge in [0.1, 0.15) is 6.61 Å². The van der Waals surface area contributed by atoms with Crippen molar-refractivity contribution in [3.63, 3.8) is 0 Å². The Hall–Kier alpha value is -2.66. The molecule has 0 saturated heterocycles. The van der Waals surface area contributed by atoms with Crippen LogP contribution in [-0.4, -0.2) is 31.6 Å². The van der Waals surface area contributed by atoms with Crippen LogP contribution in [0.5, 0.6) is 0 Å². The molecule has 2 rings (SSSR count). The van der Waals surface area contributed by atoms with E-state index in [-0.39, 0.29) is 24.5 Å². The van der Waals surface area contributed by atoms with E-state index in [1.54, 1.807) is 4.90 Å². The minimum absolute atomic E-state index is 0.00806. The number of methoxy groups -OCH3 is 1. The molecule has 2 amide bonds. The summed E-state index contributed by atoms with van der Waals surface area (Å²) >= 11 is 0. The summed E-state index contributed by atoms with van der Waals surface area (Å²) < 4.78 is 5.02. The van der Waals surface area contributed by atoms with Gasteiger partial charge < -0.3 is 15.0 Å². The van der Waals surface area contributed by atoms with Crippen LogP contribution >= 0.6 is 0 Å². The van der Waals surface area contributed by atoms with Crippen LogP contribution in [0.4, 0.5) is 5.69 Å². The monoisotopic (exact) mass is 368 g/mol. The first kappa shape index (κ1) is 20.6. The molecule has 0 saturated carbocycles. The SMILES string of the molecule is CCC(C)NC(=O)Cc1ccc(N(Cc2ccccc2)C(=O)COC)cc1. The van der Waals surface area contributed by atoms with Gasteiger partial charge in [-0.3, -0.25) is 9.59 Å². The second-order valence-electron chi connectivity index (χ2n) is 6.62. The van der Waals surface area contributed by atoms with Gasteiger partial charge in [0.05, 0.1) is 13.0 Å². The molecule has 1 N–H and O–H groups in total. The zero-order valence-corrected chi connectivity index (χ0v) is 16.3. The van der Waals surface area contributed by atoms with Gasteiger partial charge >= 0.3 is 0 Å². The van der Waals surface area contributed by atoms with E-state index >= 15 is 0 Å². The number of rotatable bonds is 9. The van der Waals surface area contributed by atoms with E-state index in [1.807, 2.05) is 68.4 Å². The molecule has 0 fully saturated rings. The molecule has 0 heterocycles. The van der Waals surface area contributed by atoms with Crippen molar-refractivity contribution in [2.45, 2.75) is 39.3 Å². The van der Waals surface area contributed by atoms with Crippen LogP contribution in [0.25, 0.3) is 0 Å². The Morgan fingerprint density at radius 2 is 1.70 bits per heavy atom. The molecule has 0 aliphatic carbocycles. The van der Waals surface area contributed by atoms with Crippen LogP contribution in [0, 0.1) is 0 Å². The zero-order chi connectivity index (χ0) is 19.6. The molecular weight excluding hydrogens is 340 g/mol. The van der Waals surface area contributed by atoms with Crippen molar-refractivity contribution in [3.05, 3.63) is 65.7 Å². The number of carbonyl (C=O) groups is 2. The van der Waals surface area contributed by atoms with Crippen molar-refractivity contribution in [1.29, 1.82) is 0 Å². The predicted octanol–water partition coefficient (Wildman–Crippen LogP) is 3.32. The van der Waals surface area contributed by atoms with Crippen LogP contribution in [0.3, 0.4) is 0 Å². The van der Waals surface area contributed by atoms with Crippen molar-refractivity contribution < 1.29 is 14.3 Å². The summed E-state index contributed by atoms with van der Waals surface area (Å²) in [6.07, 6.45) is 1.23. The number of nitrogens with one attached hydrogen (secondary N) is 1. The third-order valence-electron chi connectivity index (χ3n) is 4.38. The molecular formula is C22H28N2O3. The van der Waals surface area contributed by atoms with Crippen LogP contribution in [0.2, 0.25) is 0 Å². The average molecular weight is 368 g/mol. The van der Waals surface area contributed by atoms with Gasteiger partial charge in [0.2, 0.25) is 5.91 Å². The molecule has 0 aromatic heterocycles. The molecule has 27 heavy (non-hydrogen) atoms. The highest BCUT2D eigenvalue weighted by molar-refractivity contribution is 5.94. The lowest BCUT2D eigenvalue weighted by Gasteiger charge is -2.23. The van der Waals surface area contributed by atoms with E-state index in [0.717, 1.165) is 23.2 Å². The van der Waals surface area contributed by atoms with Gasteiger partial charge in [-0.2, -0.15) is 0 Å². The standard InChI is InChI=1S/C22H28N2O3/c1-4-17(2)23-21(25)14-18-10-12-20(13-11-18)24(22(26)16-27-3)15-19-8-6-5-7-9-19/h5-13,17H,4,14-16H2,1-3H3,(H,23,25). The lowest BCUT2D eigenvalue weighted by Crippen LogP contribution is -2.33. The zero-order valence-electron chi connectivity index (χ0n) is 16.3. The molecule has 2 aromatic carbocycles. The number of ether oxygens (including phenoxy) is 1. The highest BCUT2D eigenvalue weighted by atomic mass is 16.5. The number of carbonyl (C=O) groups excluding carboxylic acids is 2. The van der Waals surface area contributed by atoms with E-state index in [4.69, 9.17) is 4.74 Å². The third kappa shape index (κ3) is 6.53. The second-order valence-corrected chi connectivity index (χ2v) is 6.62. The van der Waals surface area contributed by atoms with Gasteiger partial charge in [-0.25, -0.2) is 0 Å². The summed E-state index contributed by atoms with van der Waals surface area (Å²) in [5, 5.41) is 2.96. The van der Waals surface area contributed by atoms with Gasteiger partial charge in [-0.15, -0.1) is 0 Å². The average Bonchev–Trinajstić information content (AvgIpc) is 2.67. The summed E-state index contributed by atoms with van der Waals surface area (Å²) in [6, 6.07) is 17.5. The fraction of sp³-hybridized carbons (Fsp3) is 0.364. The van der Waals surface area contributed by atoms with Gasteiger partial charge in [-0.1, -0.05) is 49.4 Å². The molecule has 1 unspecified atom stereocenters. The lowest BCUT2D eigenvalue weighted by molar-refractivity contribution is -0.122. The van der Waals surface area contributed by atoms with Gasteiger partial charge in [0, 0.05) is 18.8 Å². The van der Waals surface area contributed by atoms with Gasteiger partial charge in [0.15, 0.2) is 0 Å². The quantitative estimate of drug-likeness (QED) is 0.739. The molecule has 0 bridgehead atoms. The number of amides is 2. The third-order valence-corrected chi connectivity index (χ3v) is 4.38. The largest absolute Gasteiger partial charge is 0.375 e. The molecule has 0 aliphatic rings. The molecule has 0 aliphatic heterocycles. The Kier molecular flexibility index (Phi) is 8.01. The highest BCUT2D eigenvalue weighted by Gasteiger charge is 2.16. The predicted molar refractivity (Wildman–Crippen MR) is 108 cm³/mol. The van der Waals surface area contributed by atoms with Gasteiger partial charge in [-0.05, 0) is 36.6 Å². The Labute approximate surface area is 161 Å². The maximum Gasteiger partial charge on any atom is 0.253 e. The summed E-state index contributed by atoms with van der Waals surface area (Å²) in [4.78, 5) is 26.2. The summed E-state index contributed by atoms with van der Waals surface area (Å²) in [7, 11) is 1.51. The highest BCUT2D eigenvalue weighted by Crippen LogP contribution is 2.19. The first-order valence-corrected chi connectivity index (χ1v) is 9.25. The van der Waals surface area contributed by atoms with E-state index in [2.05, 4.69) is 5.32 Å². The summed E-state index contributed by atoms with van der Waals surface area (Å²) in [6.45, 7) is 4.52. The van der Waals surface area contributed by atoms with Crippen molar-refractivity contribution in [3.8, 4) is 0 Å². The van der Waals surface area contributed by atoms with Crippen LogP contribution < -0.4 is 10.2 Å². The smallest absolute Gasteiger partial charge is 0.253 e. The van der Waals surface area contributed by atoms with E-state index in [1.165, 1.54) is 7.11 Å². The van der Waals surface area contributed by atoms with Crippen molar-refractivity contribution >= 4 is 17.5 Å². The first-order valence-electron chi connectivity index (χ1n) is 9.25. The minimum atomic E-state index is -0.108. The first-order chi connectivity index (χ1) is 13.0. The molecule has 5 heteroatoms. The van der Waals surface area contributed by atoms with E-state index in [0.29, 0.717) is 13.0 Å². The van der Waals surface area contributed by atoms with Crippen LogP contribution in [0.15, 0.2) is 54.6 Å². The molecule has 2 aromatic rings. The molecule has 1 atom stereocenters. The van der Waals surface area contributed by atoms with E-state index in [9.17, 15) is 9.59 Å². The topological polar surface area (TPSA) is 58.6 Å². The molecule has 0 spiro atoms.